The highest BCUT2D eigenvalue weighted by Crippen LogP contribution is 2.29. The maximum absolute atomic E-state index is 5.98. The van der Waals surface area contributed by atoms with Gasteiger partial charge in [-0.25, -0.2) is 9.97 Å². The van der Waals surface area contributed by atoms with Crippen molar-refractivity contribution in [3.8, 4) is 11.6 Å². The van der Waals surface area contributed by atoms with Crippen LogP contribution in [0.2, 0.25) is 5.02 Å². The molecule has 2 heterocycles. The third kappa shape index (κ3) is 2.43. The molecule has 0 fully saturated rings. The molecule has 0 bridgehead atoms. The van der Waals surface area contributed by atoms with Crippen molar-refractivity contribution in [2.24, 2.45) is 0 Å². The Morgan fingerprint density at radius 3 is 3.05 bits per heavy atom. The van der Waals surface area contributed by atoms with E-state index in [0.29, 0.717) is 26.9 Å². The lowest BCUT2D eigenvalue weighted by atomic mass is 10.2. The predicted octanol–water partition coefficient (Wildman–Crippen LogP) is 4.25. The summed E-state index contributed by atoms with van der Waals surface area (Å²) in [6, 6.07) is 5.49. The molecule has 0 aliphatic heterocycles. The van der Waals surface area contributed by atoms with Gasteiger partial charge in [-0.05, 0) is 40.5 Å². The van der Waals surface area contributed by atoms with E-state index < -0.39 is 0 Å². The Morgan fingerprint density at radius 2 is 2.21 bits per heavy atom. The Balaban J connectivity index is 2.10. The van der Waals surface area contributed by atoms with Crippen LogP contribution >= 0.6 is 27.5 Å². The number of aryl methyl sites for hydroxylation is 1. The molecule has 0 aliphatic rings. The lowest BCUT2D eigenvalue weighted by molar-refractivity contribution is 0.460. The third-order valence-corrected chi connectivity index (χ3v) is 3.29. The summed E-state index contributed by atoms with van der Waals surface area (Å²) in [4.78, 5) is 8.54. The highest BCUT2D eigenvalue weighted by Gasteiger charge is 2.10. The molecule has 3 aromatic rings. The minimum Gasteiger partial charge on any atom is -0.436 e. The third-order valence-electron chi connectivity index (χ3n) is 2.67. The molecule has 0 atom stereocenters. The summed E-state index contributed by atoms with van der Waals surface area (Å²) in [5, 5.41) is 0.620. The minimum atomic E-state index is 0.435. The summed E-state index contributed by atoms with van der Waals surface area (Å²) < 4.78 is 8.35. The van der Waals surface area contributed by atoms with Crippen molar-refractivity contribution < 1.29 is 4.74 Å². The number of fused-ring (bicyclic) bond motifs is 1. The maximum atomic E-state index is 5.98. The molecule has 19 heavy (non-hydrogen) atoms. The summed E-state index contributed by atoms with van der Waals surface area (Å²) in [6.45, 7) is 1.95. The highest BCUT2D eigenvalue weighted by atomic mass is 79.9. The molecule has 0 saturated heterocycles. The summed E-state index contributed by atoms with van der Waals surface area (Å²) in [7, 11) is 0. The van der Waals surface area contributed by atoms with Crippen molar-refractivity contribution in [2.45, 2.75) is 6.92 Å². The van der Waals surface area contributed by atoms with Crippen molar-refractivity contribution in [1.29, 1.82) is 0 Å². The van der Waals surface area contributed by atoms with Gasteiger partial charge in [0, 0.05) is 23.6 Å². The molecule has 0 amide bonds. The fraction of sp³-hybridized carbons (Fsp3) is 0.0769. The summed E-state index contributed by atoms with van der Waals surface area (Å²) >= 11 is 9.33. The van der Waals surface area contributed by atoms with Crippen molar-refractivity contribution in [2.75, 3.05) is 0 Å². The zero-order valence-electron chi connectivity index (χ0n) is 9.97. The number of imidazole rings is 1. The Kier molecular flexibility index (Phi) is 3.16. The molecule has 2 aromatic heterocycles. The monoisotopic (exact) mass is 337 g/mol. The first-order valence-electron chi connectivity index (χ1n) is 5.57. The van der Waals surface area contributed by atoms with Crippen molar-refractivity contribution in [3.05, 3.63) is 52.0 Å². The molecule has 3 rings (SSSR count). The summed E-state index contributed by atoms with van der Waals surface area (Å²) in [5.41, 5.74) is 1.64. The zero-order valence-corrected chi connectivity index (χ0v) is 12.3. The predicted molar refractivity (Wildman–Crippen MR) is 77.0 cm³/mol. The van der Waals surface area contributed by atoms with Gasteiger partial charge >= 0.3 is 0 Å². The summed E-state index contributed by atoms with van der Waals surface area (Å²) in [6.07, 6.45) is 5.35. The average Bonchev–Trinajstić information content (AvgIpc) is 2.82. The van der Waals surface area contributed by atoms with E-state index in [-0.39, 0.29) is 0 Å². The van der Waals surface area contributed by atoms with Gasteiger partial charge in [-0.2, -0.15) is 0 Å². The van der Waals surface area contributed by atoms with E-state index in [1.54, 1.807) is 12.3 Å². The SMILES string of the molecule is Cc1ccc(Cl)cc1Oc1nc(Br)cn2ccnc12. The van der Waals surface area contributed by atoms with E-state index in [4.69, 9.17) is 16.3 Å². The average molecular weight is 339 g/mol. The first kappa shape index (κ1) is 12.4. The van der Waals surface area contributed by atoms with Gasteiger partial charge in [0.15, 0.2) is 0 Å². The number of benzene rings is 1. The number of ether oxygens (including phenoxy) is 1. The number of nitrogens with zero attached hydrogens (tertiary/aromatic N) is 3. The Labute approximate surface area is 123 Å². The smallest absolute Gasteiger partial charge is 0.264 e. The Morgan fingerprint density at radius 1 is 1.37 bits per heavy atom. The number of hydrogen-bond acceptors (Lipinski definition) is 3. The topological polar surface area (TPSA) is 39.4 Å². The van der Waals surface area contributed by atoms with E-state index in [1.807, 2.05) is 35.9 Å². The Bertz CT molecular complexity index is 757. The number of hydrogen-bond donors (Lipinski definition) is 0. The van der Waals surface area contributed by atoms with E-state index in [1.165, 1.54) is 0 Å². The largest absolute Gasteiger partial charge is 0.436 e. The van der Waals surface area contributed by atoms with Crippen LogP contribution in [-0.2, 0) is 0 Å². The van der Waals surface area contributed by atoms with Gasteiger partial charge in [-0.15, -0.1) is 0 Å². The number of rotatable bonds is 2. The minimum absolute atomic E-state index is 0.435. The highest BCUT2D eigenvalue weighted by molar-refractivity contribution is 9.10. The van der Waals surface area contributed by atoms with Gasteiger partial charge in [0.1, 0.15) is 10.4 Å². The Hall–Kier alpha value is -1.59. The lowest BCUT2D eigenvalue weighted by Crippen LogP contribution is -1.96. The first-order chi connectivity index (χ1) is 9.13. The van der Waals surface area contributed by atoms with E-state index in [0.717, 1.165) is 5.56 Å². The second-order valence-corrected chi connectivity index (χ2v) is 5.29. The van der Waals surface area contributed by atoms with Crippen molar-refractivity contribution >= 4 is 33.2 Å². The molecule has 1 aromatic carbocycles. The van der Waals surface area contributed by atoms with Crippen LogP contribution in [0.1, 0.15) is 5.56 Å². The molecule has 0 aliphatic carbocycles. The van der Waals surface area contributed by atoms with Gasteiger partial charge in [0.2, 0.25) is 5.65 Å². The maximum Gasteiger partial charge on any atom is 0.264 e. The molecule has 0 N–H and O–H groups in total. The van der Waals surface area contributed by atoms with E-state index in [9.17, 15) is 0 Å². The fourth-order valence-electron chi connectivity index (χ4n) is 1.73. The second-order valence-electron chi connectivity index (χ2n) is 4.04. The molecule has 6 heteroatoms. The van der Waals surface area contributed by atoms with E-state index in [2.05, 4.69) is 25.9 Å². The standard InChI is InChI=1S/C13H9BrClN3O/c1-8-2-3-9(15)6-10(8)19-13-12-16-4-5-18(12)7-11(14)17-13/h2-7H,1H3. The van der Waals surface area contributed by atoms with Crippen molar-refractivity contribution in [1.82, 2.24) is 14.4 Å². The molecule has 0 unspecified atom stereocenters. The van der Waals surface area contributed by atoms with Crippen LogP contribution in [0.3, 0.4) is 0 Å². The molecule has 4 nitrogen and oxygen atoms in total. The van der Waals surface area contributed by atoms with Gasteiger partial charge < -0.3 is 4.74 Å². The van der Waals surface area contributed by atoms with E-state index >= 15 is 0 Å². The molecule has 0 spiro atoms. The van der Waals surface area contributed by atoms with Gasteiger partial charge in [-0.3, -0.25) is 4.40 Å². The first-order valence-corrected chi connectivity index (χ1v) is 6.74. The van der Waals surface area contributed by atoms with Crippen LogP contribution in [0.4, 0.5) is 0 Å². The fourth-order valence-corrected chi connectivity index (χ4v) is 2.27. The number of halogens is 2. The van der Waals surface area contributed by atoms with Crippen molar-refractivity contribution in [3.63, 3.8) is 0 Å². The molecule has 0 radical (unpaired) electrons. The van der Waals surface area contributed by atoms with Crippen LogP contribution in [0.15, 0.2) is 41.4 Å². The zero-order chi connectivity index (χ0) is 13.4. The molecular weight excluding hydrogens is 330 g/mol. The number of aromatic nitrogens is 3. The molecular formula is C13H9BrClN3O. The molecule has 96 valence electrons. The van der Waals surface area contributed by atoms with Crippen LogP contribution in [0.25, 0.3) is 5.65 Å². The van der Waals surface area contributed by atoms with Gasteiger partial charge in [0.05, 0.1) is 0 Å². The second kappa shape index (κ2) is 4.83. The van der Waals surface area contributed by atoms with Crippen LogP contribution < -0.4 is 4.74 Å². The van der Waals surface area contributed by atoms with Crippen LogP contribution in [-0.4, -0.2) is 14.4 Å². The van der Waals surface area contributed by atoms with Gasteiger partial charge in [0.25, 0.3) is 5.88 Å². The lowest BCUT2D eigenvalue weighted by Gasteiger charge is -2.09. The normalized spacial score (nSPS) is 10.9. The van der Waals surface area contributed by atoms with Crippen LogP contribution in [0.5, 0.6) is 11.6 Å². The van der Waals surface area contributed by atoms with Crippen LogP contribution in [0, 0.1) is 6.92 Å². The summed E-state index contributed by atoms with van der Waals surface area (Å²) in [5.74, 6) is 1.10. The quantitative estimate of drug-likeness (QED) is 0.701. The van der Waals surface area contributed by atoms with Gasteiger partial charge in [-0.1, -0.05) is 17.7 Å². The molecule has 0 saturated carbocycles.